The molecule has 0 spiro atoms. The van der Waals surface area contributed by atoms with E-state index in [2.05, 4.69) is 33.8 Å². The summed E-state index contributed by atoms with van der Waals surface area (Å²) in [5.74, 6) is 0.524. The van der Waals surface area contributed by atoms with Crippen LogP contribution < -0.4 is 0 Å². The van der Waals surface area contributed by atoms with Crippen molar-refractivity contribution in [1.29, 1.82) is 0 Å². The van der Waals surface area contributed by atoms with E-state index in [4.69, 9.17) is 0 Å². The number of aryl methyl sites for hydroxylation is 4. The molecule has 0 fully saturated rings. The summed E-state index contributed by atoms with van der Waals surface area (Å²) in [4.78, 5) is 16.4. The lowest BCUT2D eigenvalue weighted by Crippen LogP contribution is -2.00. The van der Waals surface area contributed by atoms with Crippen molar-refractivity contribution in [1.82, 2.24) is 19.9 Å². The Kier molecular flexibility index (Phi) is 13.8. The van der Waals surface area contributed by atoms with Crippen LogP contribution in [0.5, 0.6) is 0 Å². The highest BCUT2D eigenvalue weighted by molar-refractivity contribution is 5.25. The zero-order valence-corrected chi connectivity index (χ0v) is 17.5. The fraction of sp³-hybridized carbons (Fsp3) is 0.600. The van der Waals surface area contributed by atoms with E-state index in [1.165, 1.54) is 11.1 Å². The normalized spacial score (nSPS) is 9.00. The first-order valence-electron chi connectivity index (χ1n) is 8.87. The minimum absolute atomic E-state index is 0.524. The van der Waals surface area contributed by atoms with E-state index in [-0.39, 0.29) is 0 Å². The van der Waals surface area contributed by atoms with Crippen molar-refractivity contribution in [2.24, 2.45) is 0 Å². The van der Waals surface area contributed by atoms with Crippen molar-refractivity contribution < 1.29 is 0 Å². The maximum atomic E-state index is 4.15. The maximum Gasteiger partial charge on any atom is 0.115 e. The average Bonchev–Trinajstić information content (AvgIpc) is 2.56. The van der Waals surface area contributed by atoms with Gasteiger partial charge in [-0.3, -0.25) is 0 Å². The summed E-state index contributed by atoms with van der Waals surface area (Å²) in [5, 5.41) is 0. The highest BCUT2D eigenvalue weighted by atomic mass is 14.8. The summed E-state index contributed by atoms with van der Waals surface area (Å²) in [5.41, 5.74) is 6.83. The van der Waals surface area contributed by atoms with E-state index in [1.807, 2.05) is 62.3 Å². The van der Waals surface area contributed by atoms with Crippen molar-refractivity contribution in [3.8, 4) is 0 Å². The molecular formula is C20H36N4. The average molecular weight is 333 g/mol. The Balaban J connectivity index is 0. The van der Waals surface area contributed by atoms with Gasteiger partial charge in [0.2, 0.25) is 0 Å². The van der Waals surface area contributed by atoms with E-state index in [0.717, 1.165) is 22.8 Å². The Bertz CT molecular complexity index is 537. The molecular weight excluding hydrogens is 296 g/mol. The van der Waals surface area contributed by atoms with Gasteiger partial charge in [-0.2, -0.15) is 0 Å². The van der Waals surface area contributed by atoms with Crippen LogP contribution >= 0.6 is 0 Å². The van der Waals surface area contributed by atoms with Crippen molar-refractivity contribution in [3.05, 3.63) is 46.6 Å². The van der Waals surface area contributed by atoms with E-state index in [9.17, 15) is 0 Å². The summed E-state index contributed by atoms with van der Waals surface area (Å²) in [6.07, 6.45) is 3.22. The van der Waals surface area contributed by atoms with Gasteiger partial charge >= 0.3 is 0 Å². The third kappa shape index (κ3) is 8.14. The Morgan fingerprint density at radius 3 is 1.08 bits per heavy atom. The number of aromatic nitrogens is 4. The van der Waals surface area contributed by atoms with Crippen LogP contribution in [0.2, 0.25) is 0 Å². The SMILES string of the molecule is CC.CC.Cc1ncnc(C)c1C.Cc1ncnc(C)c1C(C)C. The molecule has 0 unspecified atom stereocenters. The fourth-order valence-electron chi connectivity index (χ4n) is 2.10. The summed E-state index contributed by atoms with van der Waals surface area (Å²) >= 11 is 0. The highest BCUT2D eigenvalue weighted by Gasteiger charge is 2.07. The molecule has 136 valence electrons. The summed E-state index contributed by atoms with van der Waals surface area (Å²) in [7, 11) is 0. The first-order chi connectivity index (χ1) is 11.3. The maximum absolute atomic E-state index is 4.15. The van der Waals surface area contributed by atoms with Crippen LogP contribution in [-0.2, 0) is 0 Å². The van der Waals surface area contributed by atoms with E-state index >= 15 is 0 Å². The molecule has 0 bridgehead atoms. The monoisotopic (exact) mass is 332 g/mol. The van der Waals surface area contributed by atoms with Crippen molar-refractivity contribution >= 4 is 0 Å². The van der Waals surface area contributed by atoms with Gasteiger partial charge < -0.3 is 0 Å². The second-order valence-corrected chi connectivity index (χ2v) is 5.28. The first kappa shape index (κ1) is 24.4. The largest absolute Gasteiger partial charge is 0.241 e. The zero-order valence-electron chi connectivity index (χ0n) is 17.5. The van der Waals surface area contributed by atoms with Gasteiger partial charge in [0.25, 0.3) is 0 Å². The van der Waals surface area contributed by atoms with E-state index < -0.39 is 0 Å². The molecule has 2 rings (SSSR count). The summed E-state index contributed by atoms with van der Waals surface area (Å²) < 4.78 is 0. The third-order valence-corrected chi connectivity index (χ3v) is 3.45. The van der Waals surface area contributed by atoms with E-state index in [1.54, 1.807) is 12.7 Å². The smallest absolute Gasteiger partial charge is 0.115 e. The lowest BCUT2D eigenvalue weighted by Gasteiger charge is -2.10. The van der Waals surface area contributed by atoms with E-state index in [0.29, 0.717) is 5.92 Å². The Morgan fingerprint density at radius 1 is 0.583 bits per heavy atom. The van der Waals surface area contributed by atoms with Crippen molar-refractivity contribution in [2.45, 2.75) is 82.1 Å². The van der Waals surface area contributed by atoms with Crippen LogP contribution in [0.25, 0.3) is 0 Å². The molecule has 0 saturated heterocycles. The lowest BCUT2D eigenvalue weighted by atomic mass is 10.0. The minimum atomic E-state index is 0.524. The number of nitrogens with zero attached hydrogens (tertiary/aromatic N) is 4. The molecule has 0 aliphatic heterocycles. The fourth-order valence-corrected chi connectivity index (χ4v) is 2.10. The number of hydrogen-bond donors (Lipinski definition) is 0. The van der Waals surface area contributed by atoms with Gasteiger partial charge in [0.1, 0.15) is 12.7 Å². The van der Waals surface area contributed by atoms with Gasteiger partial charge in [-0.05, 0) is 51.7 Å². The van der Waals surface area contributed by atoms with Crippen LogP contribution in [0.1, 0.15) is 81.4 Å². The summed E-state index contributed by atoms with van der Waals surface area (Å²) in [6, 6.07) is 0. The van der Waals surface area contributed by atoms with Crippen molar-refractivity contribution in [3.63, 3.8) is 0 Å². The van der Waals surface area contributed by atoms with Crippen LogP contribution in [0.15, 0.2) is 12.7 Å². The zero-order chi connectivity index (χ0) is 19.3. The topological polar surface area (TPSA) is 51.6 Å². The van der Waals surface area contributed by atoms with Gasteiger partial charge in [0, 0.05) is 22.8 Å². The molecule has 0 aliphatic carbocycles. The van der Waals surface area contributed by atoms with Crippen LogP contribution in [0.4, 0.5) is 0 Å². The lowest BCUT2D eigenvalue weighted by molar-refractivity contribution is 0.811. The molecule has 0 amide bonds. The molecule has 0 aliphatic rings. The third-order valence-electron chi connectivity index (χ3n) is 3.45. The first-order valence-corrected chi connectivity index (χ1v) is 8.87. The van der Waals surface area contributed by atoms with Gasteiger partial charge in [0.05, 0.1) is 0 Å². The van der Waals surface area contributed by atoms with Gasteiger partial charge in [-0.15, -0.1) is 0 Å². The Morgan fingerprint density at radius 2 is 0.875 bits per heavy atom. The van der Waals surface area contributed by atoms with Crippen LogP contribution in [-0.4, -0.2) is 19.9 Å². The molecule has 0 aromatic carbocycles. The minimum Gasteiger partial charge on any atom is -0.241 e. The molecule has 4 heteroatoms. The number of hydrogen-bond acceptors (Lipinski definition) is 4. The molecule has 0 saturated carbocycles. The Labute approximate surface area is 149 Å². The van der Waals surface area contributed by atoms with Gasteiger partial charge in [0.15, 0.2) is 0 Å². The predicted molar refractivity (Wildman–Crippen MR) is 105 cm³/mol. The molecule has 2 aromatic rings. The number of rotatable bonds is 1. The van der Waals surface area contributed by atoms with Crippen molar-refractivity contribution in [2.75, 3.05) is 0 Å². The molecule has 24 heavy (non-hydrogen) atoms. The van der Waals surface area contributed by atoms with Gasteiger partial charge in [-0.1, -0.05) is 41.5 Å². The molecule has 0 N–H and O–H groups in total. The molecule has 4 nitrogen and oxygen atoms in total. The molecule has 2 aromatic heterocycles. The molecule has 2 heterocycles. The standard InChI is InChI=1S/C9H14N2.C7H10N2.2C2H6/c1-6(2)9-7(3)10-5-11-8(9)4;1-5-6(2)8-4-9-7(5)3;2*1-2/h5-6H,1-4H3;4H,1-3H3;2*1-2H3. The summed E-state index contributed by atoms with van der Waals surface area (Å²) in [6.45, 7) is 22.4. The second kappa shape index (κ2) is 13.6. The molecule has 0 radical (unpaired) electrons. The predicted octanol–water partition coefficient (Wildman–Crippen LogP) is 5.67. The Hall–Kier alpha value is -1.84. The second-order valence-electron chi connectivity index (χ2n) is 5.28. The quantitative estimate of drug-likeness (QED) is 0.675. The van der Waals surface area contributed by atoms with Gasteiger partial charge in [-0.25, -0.2) is 19.9 Å². The van der Waals surface area contributed by atoms with Crippen LogP contribution in [0.3, 0.4) is 0 Å². The highest BCUT2D eigenvalue weighted by Crippen LogP contribution is 2.18. The molecule has 0 atom stereocenters. The van der Waals surface area contributed by atoms with Crippen LogP contribution in [0, 0.1) is 34.6 Å².